The van der Waals surface area contributed by atoms with Crippen molar-refractivity contribution < 1.29 is 4.79 Å². The van der Waals surface area contributed by atoms with Gasteiger partial charge in [-0.25, -0.2) is 4.79 Å². The molecular weight excluding hydrogens is 108 g/mol. The van der Waals surface area contributed by atoms with Crippen molar-refractivity contribution in [3.63, 3.8) is 0 Å². The van der Waals surface area contributed by atoms with Crippen LogP contribution in [-0.4, -0.2) is 5.23 Å². The van der Waals surface area contributed by atoms with Crippen molar-refractivity contribution in [2.45, 2.75) is 0 Å². The summed E-state index contributed by atoms with van der Waals surface area (Å²) >= 11 is 0. The topological polar surface area (TPSA) is 17.1 Å². The molecule has 1 aliphatic heterocycles. The number of hydrogen-bond acceptors (Lipinski definition) is 1. The predicted octanol–water partition coefficient (Wildman–Crippen LogP) is 1.17. The van der Waals surface area contributed by atoms with Crippen LogP contribution >= 0.6 is 10.5 Å². The molecule has 1 aliphatic rings. The summed E-state index contributed by atoms with van der Waals surface area (Å²) in [6.45, 7) is 0. The molecule has 1 unspecified atom stereocenters. The van der Waals surface area contributed by atoms with Gasteiger partial charge in [-0.2, -0.15) is 0 Å². The van der Waals surface area contributed by atoms with Gasteiger partial charge >= 0.3 is 0 Å². The Morgan fingerprint density at radius 1 is 1.71 bits per heavy atom. The Morgan fingerprint density at radius 2 is 2.57 bits per heavy atom. The van der Waals surface area contributed by atoms with E-state index in [0.717, 1.165) is 0 Å². The van der Waals surface area contributed by atoms with Crippen LogP contribution in [0.25, 0.3) is 0 Å². The van der Waals surface area contributed by atoms with Crippen molar-refractivity contribution in [2.75, 3.05) is 0 Å². The Balaban J connectivity index is 3.00. The van der Waals surface area contributed by atoms with Crippen LogP contribution in [0.2, 0.25) is 0 Å². The van der Waals surface area contributed by atoms with Gasteiger partial charge < -0.3 is 0 Å². The van der Waals surface area contributed by atoms with E-state index >= 15 is 0 Å². The fourth-order valence-corrected chi connectivity index (χ4v) is 0.965. The van der Waals surface area contributed by atoms with Gasteiger partial charge in [-0.1, -0.05) is 6.08 Å². The molecule has 1 radical (unpaired) electrons. The van der Waals surface area contributed by atoms with Crippen LogP contribution in [-0.2, 0) is 4.79 Å². The maximum atomic E-state index is 9.76. The molecule has 0 spiro atoms. The van der Waals surface area contributed by atoms with E-state index in [-0.39, 0.29) is 0 Å². The van der Waals surface area contributed by atoms with Crippen LogP contribution < -0.4 is 0 Å². The van der Waals surface area contributed by atoms with Crippen molar-refractivity contribution >= 4 is 15.7 Å². The minimum Gasteiger partial charge on any atom is -0.226 e. The minimum absolute atomic E-state index is 0.426. The molecule has 2 heteroatoms. The first-order valence-corrected chi connectivity index (χ1v) is 3.09. The molecule has 35 valence electrons. The zero-order chi connectivity index (χ0) is 5.11. The lowest BCUT2D eigenvalue weighted by Crippen LogP contribution is -1.44. The minimum atomic E-state index is -0.426. The number of carbonyl (C=O) groups excluding carboxylic acids is 1. The highest BCUT2D eigenvalue weighted by Gasteiger charge is 1.85. The van der Waals surface area contributed by atoms with E-state index in [1.165, 1.54) is 0 Å². The van der Waals surface area contributed by atoms with Crippen LogP contribution in [0.3, 0.4) is 0 Å². The summed E-state index contributed by atoms with van der Waals surface area (Å²) in [5, 5.41) is 6.36. The molecule has 0 aromatic carbocycles. The predicted molar refractivity (Wildman–Crippen MR) is 30.2 cm³/mol. The van der Waals surface area contributed by atoms with Crippen LogP contribution in [0.1, 0.15) is 0 Å². The van der Waals surface area contributed by atoms with Crippen LogP contribution in [0.5, 0.6) is 0 Å². The monoisotopic (exact) mass is 111 g/mol. The largest absolute Gasteiger partial charge is 0.226 e. The third kappa shape index (κ3) is 0.889. The SMILES string of the molecule is O=C=S1[C]=CC=C1. The van der Waals surface area contributed by atoms with Crippen molar-refractivity contribution in [1.29, 1.82) is 0 Å². The highest BCUT2D eigenvalue weighted by Crippen LogP contribution is 2.17. The lowest BCUT2D eigenvalue weighted by atomic mass is 10.6. The number of allylic oxidation sites excluding steroid dienone is 2. The van der Waals surface area contributed by atoms with Crippen molar-refractivity contribution in [2.24, 2.45) is 0 Å². The fourth-order valence-electron chi connectivity index (χ4n) is 0.322. The molecule has 0 N–H and O–H groups in total. The third-order valence-corrected chi connectivity index (χ3v) is 1.59. The Morgan fingerprint density at radius 3 is 2.86 bits per heavy atom. The van der Waals surface area contributed by atoms with Gasteiger partial charge in [0.05, 0.1) is 0 Å². The van der Waals surface area contributed by atoms with Crippen LogP contribution in [0.15, 0.2) is 17.6 Å². The summed E-state index contributed by atoms with van der Waals surface area (Å²) in [5.41, 5.74) is 0. The molecule has 0 saturated carbocycles. The lowest BCUT2D eigenvalue weighted by Gasteiger charge is -1.70. The van der Waals surface area contributed by atoms with Crippen LogP contribution in [0.4, 0.5) is 0 Å². The van der Waals surface area contributed by atoms with Gasteiger partial charge in [0.2, 0.25) is 0 Å². The first-order chi connectivity index (χ1) is 3.43. The third-order valence-electron chi connectivity index (χ3n) is 0.596. The summed E-state index contributed by atoms with van der Waals surface area (Å²) in [6.07, 6.45) is 3.53. The van der Waals surface area contributed by atoms with Gasteiger partial charge in [0.1, 0.15) is 0 Å². The smallest absolute Gasteiger partial charge is 0.164 e. The summed E-state index contributed by atoms with van der Waals surface area (Å²) in [5.74, 6) is 0. The van der Waals surface area contributed by atoms with Gasteiger partial charge in [0.15, 0.2) is 5.23 Å². The van der Waals surface area contributed by atoms with Gasteiger partial charge in [-0.15, -0.1) is 0 Å². The molecular formula is C5H3OS. The first kappa shape index (κ1) is 4.57. The summed E-state index contributed by atoms with van der Waals surface area (Å²) in [4.78, 5) is 9.76. The molecule has 0 amide bonds. The summed E-state index contributed by atoms with van der Waals surface area (Å²) in [7, 11) is -0.426. The maximum Gasteiger partial charge on any atom is 0.164 e. The number of hydrogen-bond donors (Lipinski definition) is 0. The molecule has 0 saturated heterocycles. The zero-order valence-electron chi connectivity index (χ0n) is 3.55. The van der Waals surface area contributed by atoms with E-state index < -0.39 is 10.5 Å². The first-order valence-electron chi connectivity index (χ1n) is 1.80. The molecule has 7 heavy (non-hydrogen) atoms. The second-order valence-corrected chi connectivity index (χ2v) is 2.38. The molecule has 0 aromatic rings. The maximum absolute atomic E-state index is 9.76. The van der Waals surface area contributed by atoms with Crippen molar-refractivity contribution in [1.82, 2.24) is 0 Å². The average molecular weight is 111 g/mol. The van der Waals surface area contributed by atoms with E-state index in [4.69, 9.17) is 0 Å². The Hall–Kier alpha value is -0.590. The standard InChI is InChI=1S/C5H3OS/c6-5-7-3-1-2-4-7/h1-3H. The normalized spacial score (nSPS) is 17.7. The summed E-state index contributed by atoms with van der Waals surface area (Å²) in [6, 6.07) is 0. The fraction of sp³-hybridized carbons (Fsp3) is 0. The highest BCUT2D eigenvalue weighted by atomic mass is 32.2. The van der Waals surface area contributed by atoms with E-state index in [2.05, 4.69) is 5.41 Å². The van der Waals surface area contributed by atoms with Gasteiger partial charge in [0.25, 0.3) is 0 Å². The van der Waals surface area contributed by atoms with E-state index in [9.17, 15) is 4.79 Å². The quantitative estimate of drug-likeness (QED) is 0.429. The average Bonchev–Trinajstić information content (AvgIpc) is 2.14. The van der Waals surface area contributed by atoms with E-state index in [1.807, 2.05) is 5.23 Å². The van der Waals surface area contributed by atoms with Gasteiger partial charge in [-0.05, 0) is 22.0 Å². The molecule has 1 atom stereocenters. The van der Waals surface area contributed by atoms with Gasteiger partial charge in [0, 0.05) is 5.41 Å². The Bertz CT molecular complexity index is 159. The van der Waals surface area contributed by atoms with Gasteiger partial charge in [-0.3, -0.25) is 0 Å². The lowest BCUT2D eigenvalue weighted by molar-refractivity contribution is 0.572. The Kier molecular flexibility index (Phi) is 1.25. The molecule has 1 heterocycles. The van der Waals surface area contributed by atoms with E-state index in [0.29, 0.717) is 0 Å². The Labute approximate surface area is 44.3 Å². The molecule has 1 rings (SSSR count). The molecule has 0 aliphatic carbocycles. The van der Waals surface area contributed by atoms with Crippen molar-refractivity contribution in [3.8, 4) is 0 Å². The van der Waals surface area contributed by atoms with E-state index in [1.54, 1.807) is 17.6 Å². The number of rotatable bonds is 0. The molecule has 0 bridgehead atoms. The molecule has 0 fully saturated rings. The summed E-state index contributed by atoms with van der Waals surface area (Å²) < 4.78 is 0. The molecule has 0 aromatic heterocycles. The molecule has 1 nitrogen and oxygen atoms in total. The van der Waals surface area contributed by atoms with Crippen LogP contribution in [0, 0.1) is 5.41 Å². The highest BCUT2D eigenvalue weighted by molar-refractivity contribution is 8.18. The second-order valence-electron chi connectivity index (χ2n) is 1.03. The van der Waals surface area contributed by atoms with Crippen molar-refractivity contribution in [3.05, 3.63) is 23.0 Å². The zero-order valence-corrected chi connectivity index (χ0v) is 4.37. The second kappa shape index (κ2) is 1.92.